The minimum Gasteiger partial charge on any atom is -0.355 e. The summed E-state index contributed by atoms with van der Waals surface area (Å²) >= 11 is 1.90. The van der Waals surface area contributed by atoms with E-state index in [1.54, 1.807) is 4.88 Å². The van der Waals surface area contributed by atoms with E-state index in [-0.39, 0.29) is 0 Å². The Kier molecular flexibility index (Phi) is 4.50. The number of fused-ring (bicyclic) bond motifs is 1. The molecule has 1 aromatic heterocycles. The molecule has 2 N–H and O–H groups in total. The minimum absolute atomic E-state index is 0.522. The molecular weight excluding hydrogens is 280 g/mol. The van der Waals surface area contributed by atoms with Crippen LogP contribution in [0, 0.1) is 5.92 Å². The molecular formula is C16H26N4S. The lowest BCUT2D eigenvalue weighted by atomic mass is 10.1. The normalized spacial score (nSPS) is 27.1. The number of nitrogens with one attached hydrogen (secondary N) is 2. The highest BCUT2D eigenvalue weighted by Crippen LogP contribution is 2.28. The van der Waals surface area contributed by atoms with Crippen molar-refractivity contribution in [3.8, 4) is 0 Å². The van der Waals surface area contributed by atoms with Crippen molar-refractivity contribution in [2.24, 2.45) is 10.9 Å². The van der Waals surface area contributed by atoms with Crippen molar-refractivity contribution >= 4 is 17.3 Å². The van der Waals surface area contributed by atoms with Crippen molar-refractivity contribution in [3.05, 3.63) is 21.9 Å². The predicted molar refractivity (Wildman–Crippen MR) is 90.0 cm³/mol. The molecule has 3 atom stereocenters. The van der Waals surface area contributed by atoms with E-state index in [1.807, 2.05) is 18.4 Å². The average Bonchev–Trinajstić information content (AvgIpc) is 3.00. The van der Waals surface area contributed by atoms with Crippen LogP contribution in [-0.4, -0.2) is 43.1 Å². The van der Waals surface area contributed by atoms with Crippen LogP contribution in [0.5, 0.6) is 0 Å². The van der Waals surface area contributed by atoms with Crippen LogP contribution >= 0.6 is 11.3 Å². The van der Waals surface area contributed by atoms with Crippen molar-refractivity contribution in [2.75, 3.05) is 20.1 Å². The summed E-state index contributed by atoms with van der Waals surface area (Å²) in [6, 6.07) is 3.42. The van der Waals surface area contributed by atoms with Gasteiger partial charge in [0.2, 0.25) is 0 Å². The highest BCUT2D eigenvalue weighted by atomic mass is 32.1. The van der Waals surface area contributed by atoms with Gasteiger partial charge in [-0.15, -0.1) is 11.3 Å². The molecule has 0 spiro atoms. The van der Waals surface area contributed by atoms with E-state index in [0.29, 0.717) is 12.1 Å². The second-order valence-electron chi connectivity index (χ2n) is 6.36. The van der Waals surface area contributed by atoms with Gasteiger partial charge < -0.3 is 10.6 Å². The first-order valence-corrected chi connectivity index (χ1v) is 8.82. The summed E-state index contributed by atoms with van der Waals surface area (Å²) in [6.45, 7) is 7.78. The van der Waals surface area contributed by atoms with Crippen LogP contribution in [0.4, 0.5) is 0 Å². The summed E-state index contributed by atoms with van der Waals surface area (Å²) in [5.41, 5.74) is 1.52. The van der Waals surface area contributed by atoms with E-state index >= 15 is 0 Å². The summed E-state index contributed by atoms with van der Waals surface area (Å²) in [5, 5.41) is 9.18. The molecule has 21 heavy (non-hydrogen) atoms. The highest BCUT2D eigenvalue weighted by Gasteiger charge is 2.33. The Morgan fingerprint density at radius 3 is 3.10 bits per heavy atom. The molecule has 2 heterocycles. The molecule has 1 aliphatic heterocycles. The van der Waals surface area contributed by atoms with Crippen LogP contribution in [-0.2, 0) is 13.0 Å². The van der Waals surface area contributed by atoms with Gasteiger partial charge in [-0.2, -0.15) is 0 Å². The van der Waals surface area contributed by atoms with Gasteiger partial charge >= 0.3 is 0 Å². The van der Waals surface area contributed by atoms with Gasteiger partial charge in [-0.3, -0.25) is 9.89 Å². The first kappa shape index (κ1) is 14.9. The molecule has 4 nitrogen and oxygen atoms in total. The Balaban J connectivity index is 1.47. The van der Waals surface area contributed by atoms with Gasteiger partial charge in [0.25, 0.3) is 0 Å². The highest BCUT2D eigenvalue weighted by molar-refractivity contribution is 7.10. The Morgan fingerprint density at radius 1 is 1.57 bits per heavy atom. The molecule has 1 aliphatic carbocycles. The van der Waals surface area contributed by atoms with Gasteiger partial charge in [-0.1, -0.05) is 6.92 Å². The number of hydrogen-bond donors (Lipinski definition) is 2. The molecule has 1 fully saturated rings. The Labute approximate surface area is 131 Å². The van der Waals surface area contributed by atoms with E-state index < -0.39 is 0 Å². The number of hydrogen-bond acceptors (Lipinski definition) is 3. The lowest BCUT2D eigenvalue weighted by molar-refractivity contribution is 0.192. The molecule has 0 radical (unpaired) electrons. The second-order valence-corrected chi connectivity index (χ2v) is 7.36. The smallest absolute Gasteiger partial charge is 0.191 e. The van der Waals surface area contributed by atoms with Gasteiger partial charge in [0.05, 0.1) is 0 Å². The number of thiophene rings is 1. The lowest BCUT2D eigenvalue weighted by Gasteiger charge is -2.32. The van der Waals surface area contributed by atoms with Crippen molar-refractivity contribution in [1.82, 2.24) is 15.5 Å². The maximum absolute atomic E-state index is 4.32. The minimum atomic E-state index is 0.522. The molecule has 1 saturated carbocycles. The van der Waals surface area contributed by atoms with Crippen LogP contribution in [0.3, 0.4) is 0 Å². The summed E-state index contributed by atoms with van der Waals surface area (Å²) in [6.07, 6.45) is 2.47. The third kappa shape index (κ3) is 3.58. The maximum atomic E-state index is 4.32. The quantitative estimate of drug-likeness (QED) is 0.661. The predicted octanol–water partition coefficient (Wildman–Crippen LogP) is 2.07. The van der Waals surface area contributed by atoms with Gasteiger partial charge in [-0.05, 0) is 42.7 Å². The topological polar surface area (TPSA) is 39.7 Å². The van der Waals surface area contributed by atoms with Gasteiger partial charge in [0.15, 0.2) is 5.96 Å². The van der Waals surface area contributed by atoms with Crippen molar-refractivity contribution in [3.63, 3.8) is 0 Å². The zero-order valence-electron chi connectivity index (χ0n) is 13.2. The molecule has 116 valence electrons. The molecule has 2 aliphatic rings. The summed E-state index contributed by atoms with van der Waals surface area (Å²) < 4.78 is 0. The first-order chi connectivity index (χ1) is 10.2. The molecule has 3 rings (SSSR count). The average molecular weight is 306 g/mol. The van der Waals surface area contributed by atoms with Crippen LogP contribution < -0.4 is 10.6 Å². The SMILES string of the molecule is CN=C(NCC(C)N1CCc2sccc2C1)NC1CC1C. The maximum Gasteiger partial charge on any atom is 0.191 e. The third-order valence-corrected chi connectivity index (χ3v) is 5.70. The number of nitrogens with zero attached hydrogens (tertiary/aromatic N) is 2. The molecule has 1 aromatic rings. The monoisotopic (exact) mass is 306 g/mol. The Hall–Kier alpha value is -1.07. The Morgan fingerprint density at radius 2 is 2.38 bits per heavy atom. The van der Waals surface area contributed by atoms with Gasteiger partial charge in [0.1, 0.15) is 0 Å². The fourth-order valence-corrected chi connectivity index (χ4v) is 3.80. The first-order valence-electron chi connectivity index (χ1n) is 7.94. The number of rotatable bonds is 4. The van der Waals surface area contributed by atoms with Crippen molar-refractivity contribution in [1.29, 1.82) is 0 Å². The molecule has 3 unspecified atom stereocenters. The fourth-order valence-electron chi connectivity index (χ4n) is 2.91. The third-order valence-electron chi connectivity index (χ3n) is 4.68. The lowest BCUT2D eigenvalue weighted by Crippen LogP contribution is -2.47. The van der Waals surface area contributed by atoms with E-state index in [0.717, 1.165) is 25.0 Å². The molecule has 0 amide bonds. The number of guanidine groups is 1. The van der Waals surface area contributed by atoms with E-state index in [4.69, 9.17) is 0 Å². The zero-order valence-corrected chi connectivity index (χ0v) is 14.0. The standard InChI is InChI=1S/C16H26N4S/c1-11-8-14(11)19-16(17-3)18-9-12(2)20-6-4-15-13(10-20)5-7-21-15/h5,7,11-12,14H,4,6,8-10H2,1-3H3,(H2,17,18,19). The fraction of sp³-hybridized carbons (Fsp3) is 0.688. The van der Waals surface area contributed by atoms with E-state index in [2.05, 4.69) is 45.8 Å². The van der Waals surface area contributed by atoms with Crippen LogP contribution in [0.2, 0.25) is 0 Å². The zero-order chi connectivity index (χ0) is 14.8. The summed E-state index contributed by atoms with van der Waals surface area (Å²) in [5.74, 6) is 1.74. The van der Waals surface area contributed by atoms with E-state index in [9.17, 15) is 0 Å². The summed E-state index contributed by atoms with van der Waals surface area (Å²) in [7, 11) is 1.85. The van der Waals surface area contributed by atoms with Crippen LogP contribution in [0.25, 0.3) is 0 Å². The van der Waals surface area contributed by atoms with E-state index in [1.165, 1.54) is 24.9 Å². The molecule has 0 saturated heterocycles. The Bertz CT molecular complexity index is 510. The van der Waals surface area contributed by atoms with Crippen LogP contribution in [0.15, 0.2) is 16.4 Å². The van der Waals surface area contributed by atoms with Crippen molar-refractivity contribution < 1.29 is 0 Å². The molecule has 5 heteroatoms. The van der Waals surface area contributed by atoms with Crippen LogP contribution in [0.1, 0.15) is 30.7 Å². The molecule has 0 aromatic carbocycles. The van der Waals surface area contributed by atoms with Gasteiger partial charge in [0, 0.05) is 43.6 Å². The second kappa shape index (κ2) is 6.36. The van der Waals surface area contributed by atoms with Crippen molar-refractivity contribution in [2.45, 2.75) is 45.3 Å². The molecule has 0 bridgehead atoms. The summed E-state index contributed by atoms with van der Waals surface area (Å²) in [4.78, 5) is 8.47. The largest absolute Gasteiger partial charge is 0.355 e. The number of aliphatic imine (C=N–C) groups is 1. The van der Waals surface area contributed by atoms with Gasteiger partial charge in [-0.25, -0.2) is 0 Å².